The molecule has 0 aliphatic rings. The van der Waals surface area contributed by atoms with E-state index in [-0.39, 0.29) is 5.56 Å². The number of nitrogens with zero attached hydrogens (tertiary/aromatic N) is 3. The van der Waals surface area contributed by atoms with Crippen LogP contribution in [0.1, 0.15) is 27.0 Å². The number of aromatic nitrogens is 1. The van der Waals surface area contributed by atoms with Crippen molar-refractivity contribution < 1.29 is 13.8 Å². The Labute approximate surface area is 239 Å². The number of Topliss-reactive ketones (excluding diaryl/α,β-unsaturated/α-hetero) is 1. The third-order valence-corrected chi connectivity index (χ3v) is 6.84. The maximum absolute atomic E-state index is 13.9. The minimum atomic E-state index is -0.664. The fourth-order valence-corrected chi connectivity index (χ4v) is 4.43. The summed E-state index contributed by atoms with van der Waals surface area (Å²) in [5.41, 5.74) is 5.19. The van der Waals surface area contributed by atoms with E-state index in [9.17, 15) is 9.59 Å². The summed E-state index contributed by atoms with van der Waals surface area (Å²) in [6.45, 7) is 0. The minimum absolute atomic E-state index is 0.0162. The van der Waals surface area contributed by atoms with E-state index in [1.807, 2.05) is 106 Å². The summed E-state index contributed by atoms with van der Waals surface area (Å²) in [7, 11) is 7.99. The van der Waals surface area contributed by atoms with Gasteiger partial charge in [-0.2, -0.15) is 4.57 Å². The van der Waals surface area contributed by atoms with Crippen LogP contribution in [-0.4, -0.2) is 34.0 Å². The number of benzene rings is 3. The van der Waals surface area contributed by atoms with E-state index < -0.39 is 11.4 Å². The first-order valence-electron chi connectivity index (χ1n) is 13.3. The summed E-state index contributed by atoms with van der Waals surface area (Å²) in [5, 5.41) is 0.689. The smallest absolute Gasteiger partial charge is 0.347 e. The average molecular weight is 543 g/mol. The molecule has 0 saturated carbocycles. The highest BCUT2D eigenvalue weighted by atomic mass is 16.4. The average Bonchev–Trinajstić information content (AvgIpc) is 2.99. The van der Waals surface area contributed by atoms with Crippen molar-refractivity contribution in [1.82, 2.24) is 0 Å². The SMILES string of the molecule is CN(C)c1ccc(/C=C(/C(=O)c2cc3ccccc3oc2=O)[n+]2ccc(/C=C/c3ccc(N(C)C)cc3)cc2)cc1. The molecule has 0 N–H and O–H groups in total. The van der Waals surface area contributed by atoms with Crippen molar-refractivity contribution in [3.05, 3.63) is 136 Å². The summed E-state index contributed by atoms with van der Waals surface area (Å²) in [6.07, 6.45) is 9.52. The molecule has 0 amide bonds. The maximum atomic E-state index is 13.9. The highest BCUT2D eigenvalue weighted by Crippen LogP contribution is 2.19. The van der Waals surface area contributed by atoms with E-state index in [2.05, 4.69) is 29.2 Å². The van der Waals surface area contributed by atoms with Gasteiger partial charge in [-0.15, -0.1) is 0 Å². The summed E-state index contributed by atoms with van der Waals surface area (Å²) in [5.74, 6) is -0.421. The van der Waals surface area contributed by atoms with Crippen LogP contribution in [0.4, 0.5) is 11.4 Å². The van der Waals surface area contributed by atoms with Crippen molar-refractivity contribution in [2.24, 2.45) is 0 Å². The highest BCUT2D eigenvalue weighted by molar-refractivity contribution is 6.25. The topological polar surface area (TPSA) is 57.6 Å². The Bertz CT molecular complexity index is 1800. The van der Waals surface area contributed by atoms with E-state index in [0.29, 0.717) is 16.7 Å². The first-order valence-corrected chi connectivity index (χ1v) is 13.3. The minimum Gasteiger partial charge on any atom is -0.422 e. The van der Waals surface area contributed by atoms with Crippen LogP contribution in [-0.2, 0) is 0 Å². The van der Waals surface area contributed by atoms with Gasteiger partial charge < -0.3 is 14.2 Å². The molecule has 0 radical (unpaired) electrons. The van der Waals surface area contributed by atoms with Crippen LogP contribution in [0.5, 0.6) is 0 Å². The molecule has 0 saturated heterocycles. The van der Waals surface area contributed by atoms with Gasteiger partial charge in [-0.3, -0.25) is 4.79 Å². The molecule has 5 rings (SSSR count). The van der Waals surface area contributed by atoms with Gasteiger partial charge in [-0.05, 0) is 53.1 Å². The molecule has 204 valence electrons. The van der Waals surface area contributed by atoms with Crippen LogP contribution >= 0.6 is 0 Å². The summed E-state index contributed by atoms with van der Waals surface area (Å²) < 4.78 is 7.21. The van der Waals surface area contributed by atoms with Crippen molar-refractivity contribution in [3.63, 3.8) is 0 Å². The summed E-state index contributed by atoms with van der Waals surface area (Å²) in [4.78, 5) is 30.8. The van der Waals surface area contributed by atoms with Crippen molar-refractivity contribution in [1.29, 1.82) is 0 Å². The fourth-order valence-electron chi connectivity index (χ4n) is 4.43. The lowest BCUT2D eigenvalue weighted by Crippen LogP contribution is -2.36. The first-order chi connectivity index (χ1) is 19.8. The lowest BCUT2D eigenvalue weighted by molar-refractivity contribution is -0.575. The molecule has 0 aliphatic heterocycles. The van der Waals surface area contributed by atoms with Gasteiger partial charge in [-0.25, -0.2) is 4.79 Å². The number of pyridine rings is 1. The van der Waals surface area contributed by atoms with Crippen molar-refractivity contribution >= 4 is 52.1 Å². The van der Waals surface area contributed by atoms with E-state index >= 15 is 0 Å². The fraction of sp³-hybridized carbons (Fsp3) is 0.114. The number of fused-ring (bicyclic) bond motifs is 1. The number of carbonyl (C=O) groups is 1. The molecule has 0 fully saturated rings. The second kappa shape index (κ2) is 11.9. The molecule has 3 aromatic carbocycles. The molecule has 0 bridgehead atoms. The van der Waals surface area contributed by atoms with Gasteiger partial charge in [0, 0.05) is 63.2 Å². The number of hydrogen-bond acceptors (Lipinski definition) is 5. The molecule has 0 aliphatic carbocycles. The standard InChI is InChI=1S/C35H32N3O3/c1-36(2)29-15-11-25(12-16-29)9-10-26-19-21-38(22-20-26)32(23-27-13-17-30(18-14-27)37(3)4)34(39)31-24-28-7-5-6-8-33(28)41-35(31)40/h5-24H,1-4H3/q+1/b32-23-. The predicted octanol–water partition coefficient (Wildman–Crippen LogP) is 6.26. The van der Waals surface area contributed by atoms with Crippen LogP contribution in [0.3, 0.4) is 0 Å². The number of rotatable bonds is 8. The Hall–Kier alpha value is -5.23. The molecule has 5 aromatic rings. The molecule has 0 spiro atoms. The number of hydrogen-bond donors (Lipinski definition) is 0. The van der Waals surface area contributed by atoms with Gasteiger partial charge in [0.2, 0.25) is 0 Å². The number of para-hydroxylation sites is 1. The van der Waals surface area contributed by atoms with Gasteiger partial charge in [0.15, 0.2) is 12.4 Å². The Balaban J connectivity index is 1.50. The normalized spacial score (nSPS) is 11.7. The lowest BCUT2D eigenvalue weighted by Gasteiger charge is -2.12. The monoisotopic (exact) mass is 542 g/mol. The third-order valence-electron chi connectivity index (χ3n) is 6.84. The van der Waals surface area contributed by atoms with Crippen LogP contribution in [0, 0.1) is 0 Å². The maximum Gasteiger partial charge on any atom is 0.347 e. The molecular formula is C35H32N3O3+. The zero-order valence-electron chi connectivity index (χ0n) is 23.6. The zero-order chi connectivity index (χ0) is 28.9. The second-order valence-electron chi connectivity index (χ2n) is 10.2. The van der Waals surface area contributed by atoms with Gasteiger partial charge >= 0.3 is 5.63 Å². The molecule has 0 atom stereocenters. The Morgan fingerprint density at radius 3 is 1.83 bits per heavy atom. The molecule has 41 heavy (non-hydrogen) atoms. The highest BCUT2D eigenvalue weighted by Gasteiger charge is 2.26. The van der Waals surface area contributed by atoms with Gasteiger partial charge in [0.05, 0.1) is 0 Å². The van der Waals surface area contributed by atoms with Crippen molar-refractivity contribution in [2.75, 3.05) is 38.0 Å². The molecule has 6 nitrogen and oxygen atoms in total. The summed E-state index contributed by atoms with van der Waals surface area (Å²) >= 11 is 0. The van der Waals surface area contributed by atoms with Crippen LogP contribution < -0.4 is 20.0 Å². The van der Waals surface area contributed by atoms with E-state index in [1.165, 1.54) is 0 Å². The number of ketones is 1. The second-order valence-corrected chi connectivity index (χ2v) is 10.2. The Kier molecular flexibility index (Phi) is 7.92. The van der Waals surface area contributed by atoms with Gasteiger partial charge in [0.25, 0.3) is 11.5 Å². The van der Waals surface area contributed by atoms with E-state index in [0.717, 1.165) is 28.1 Å². The van der Waals surface area contributed by atoms with Gasteiger partial charge in [0.1, 0.15) is 11.1 Å². The van der Waals surface area contributed by atoms with Gasteiger partial charge in [-0.1, -0.05) is 54.6 Å². The largest absolute Gasteiger partial charge is 0.422 e. The third kappa shape index (κ3) is 6.34. The van der Waals surface area contributed by atoms with E-state index in [1.54, 1.807) is 28.8 Å². The predicted molar refractivity (Wildman–Crippen MR) is 168 cm³/mol. The first kappa shape index (κ1) is 27.3. The van der Waals surface area contributed by atoms with Crippen LogP contribution in [0.2, 0.25) is 0 Å². The quantitative estimate of drug-likeness (QED) is 0.100. The summed E-state index contributed by atoms with van der Waals surface area (Å²) in [6, 6.07) is 28.8. The van der Waals surface area contributed by atoms with Crippen molar-refractivity contribution in [3.8, 4) is 0 Å². The molecule has 0 unspecified atom stereocenters. The number of anilines is 2. The molecule has 2 heterocycles. The van der Waals surface area contributed by atoms with Crippen molar-refractivity contribution in [2.45, 2.75) is 0 Å². The Morgan fingerprint density at radius 1 is 0.707 bits per heavy atom. The van der Waals surface area contributed by atoms with Crippen LogP contribution in [0.25, 0.3) is 34.9 Å². The lowest BCUT2D eigenvalue weighted by atomic mass is 10.0. The zero-order valence-corrected chi connectivity index (χ0v) is 23.6. The molecule has 2 aromatic heterocycles. The van der Waals surface area contributed by atoms with Crippen LogP contribution in [0.15, 0.2) is 113 Å². The molecular weight excluding hydrogens is 510 g/mol. The molecule has 6 heteroatoms. The number of allylic oxidation sites excluding steroid dienone is 1. The van der Waals surface area contributed by atoms with E-state index in [4.69, 9.17) is 4.42 Å². The number of carbonyl (C=O) groups excluding carboxylic acids is 1. The Morgan fingerprint density at radius 2 is 1.24 bits per heavy atom.